The second-order valence-electron chi connectivity index (χ2n) is 10.9. The van der Waals surface area contributed by atoms with Gasteiger partial charge in [0.25, 0.3) is 0 Å². The van der Waals surface area contributed by atoms with Gasteiger partial charge in [-0.25, -0.2) is 9.98 Å². The highest BCUT2D eigenvalue weighted by Gasteiger charge is 2.24. The molecule has 0 atom stereocenters. The monoisotopic (exact) mass is 637 g/mol. The predicted molar refractivity (Wildman–Crippen MR) is 207 cm³/mol. The van der Waals surface area contributed by atoms with E-state index in [1.807, 2.05) is 67.6 Å². The Balaban J connectivity index is 1.57. The molecule has 11 heteroatoms. The molecule has 14 radical (unpaired) electrons. The minimum atomic E-state index is 0.123. The smallest absolute Gasteiger partial charge is 0.161 e. The van der Waals surface area contributed by atoms with Crippen molar-refractivity contribution < 1.29 is 0 Å². The lowest BCUT2D eigenvalue weighted by molar-refractivity contribution is 1.18. The maximum absolute atomic E-state index is 6.60. The number of hydrogen-bond acceptors (Lipinski definition) is 1. The Morgan fingerprint density at radius 3 is 1.67 bits per heavy atom. The first-order valence-electron chi connectivity index (χ1n) is 14.3. The average molecular weight is 637 g/mol. The van der Waals surface area contributed by atoms with Gasteiger partial charge in [-0.3, -0.25) is 4.57 Å². The molecule has 6 aromatic rings. The van der Waals surface area contributed by atoms with Crippen molar-refractivity contribution in [1.82, 2.24) is 4.57 Å². The molecule has 0 aliphatic carbocycles. The maximum Gasteiger partial charge on any atom is 0.161 e. The van der Waals surface area contributed by atoms with Gasteiger partial charge in [-0.05, 0) is 44.9 Å². The highest BCUT2D eigenvalue weighted by atomic mass is 79.9. The van der Waals surface area contributed by atoms with Crippen LogP contribution in [0.4, 0.5) is 0 Å². The molecule has 0 aliphatic rings. The second kappa shape index (κ2) is 12.6. The van der Waals surface area contributed by atoms with Gasteiger partial charge < -0.3 is 0 Å². The van der Waals surface area contributed by atoms with Crippen LogP contribution in [0.25, 0.3) is 38.8 Å². The van der Waals surface area contributed by atoms with Crippen molar-refractivity contribution in [2.45, 2.75) is 6.92 Å². The van der Waals surface area contributed by atoms with Gasteiger partial charge in [0.05, 0.1) is 5.52 Å². The lowest BCUT2D eigenvalue weighted by Gasteiger charge is -2.17. The van der Waals surface area contributed by atoms with Crippen molar-refractivity contribution in [2.24, 2.45) is 9.98 Å². The van der Waals surface area contributed by atoms with Gasteiger partial charge in [-0.2, -0.15) is 0 Å². The van der Waals surface area contributed by atoms with Crippen LogP contribution < -0.4 is 38.2 Å². The highest BCUT2D eigenvalue weighted by molar-refractivity contribution is 9.10. The van der Waals surface area contributed by atoms with E-state index in [0.717, 1.165) is 28.0 Å². The molecule has 3 nitrogen and oxygen atoms in total. The lowest BCUT2D eigenvalue weighted by atomic mass is 9.64. The van der Waals surface area contributed by atoms with E-state index in [4.69, 9.17) is 64.9 Å². The molecule has 0 spiro atoms. The minimum absolute atomic E-state index is 0.123. The first-order chi connectivity index (χ1) is 22.0. The van der Waals surface area contributed by atoms with Gasteiger partial charge in [-0.1, -0.05) is 113 Å². The van der Waals surface area contributed by atoms with Gasteiger partial charge in [0, 0.05) is 26.7 Å². The van der Waals surface area contributed by atoms with E-state index in [-0.39, 0.29) is 44.1 Å². The van der Waals surface area contributed by atoms with E-state index in [2.05, 4.69) is 46.8 Å². The van der Waals surface area contributed by atoms with E-state index in [1.54, 1.807) is 4.57 Å². The van der Waals surface area contributed by atoms with Gasteiger partial charge in [0.1, 0.15) is 60.7 Å². The zero-order chi connectivity index (χ0) is 32.9. The van der Waals surface area contributed by atoms with Crippen molar-refractivity contribution in [3.8, 4) is 11.1 Å². The van der Waals surface area contributed by atoms with Crippen molar-refractivity contribution in [3.05, 3.63) is 107 Å². The van der Waals surface area contributed by atoms with Gasteiger partial charge in [0.2, 0.25) is 0 Å². The van der Waals surface area contributed by atoms with Crippen molar-refractivity contribution >= 4 is 148 Å². The molecular formula is C35H19B7BrN3. The molecular weight excluding hydrogens is 618 g/mol. The van der Waals surface area contributed by atoms with Crippen LogP contribution in [0.5, 0.6) is 0 Å². The van der Waals surface area contributed by atoms with Crippen LogP contribution in [0.2, 0.25) is 0 Å². The molecule has 1 aromatic heterocycles. The lowest BCUT2D eigenvalue weighted by Crippen LogP contribution is -2.48. The Hall–Kier alpha value is -4.09. The van der Waals surface area contributed by atoms with Crippen LogP contribution in [0.1, 0.15) is 18.1 Å². The molecule has 0 saturated heterocycles. The summed E-state index contributed by atoms with van der Waals surface area (Å²) in [7, 11) is 45.0. The largest absolute Gasteiger partial charge is 0.294 e. The summed E-state index contributed by atoms with van der Waals surface area (Å²) in [4.78, 5) is 9.94. The van der Waals surface area contributed by atoms with Gasteiger partial charge in [-0.15, -0.1) is 16.4 Å². The summed E-state index contributed by atoms with van der Waals surface area (Å²) >= 11 is 3.61. The molecule has 0 fully saturated rings. The Morgan fingerprint density at radius 2 is 1.07 bits per heavy atom. The summed E-state index contributed by atoms with van der Waals surface area (Å²) in [5.74, 6) is 0.655. The molecule has 1 heterocycles. The Morgan fingerprint density at radius 1 is 0.565 bits per heavy atom. The molecule has 0 bridgehead atoms. The van der Waals surface area contributed by atoms with Crippen LogP contribution >= 0.6 is 15.9 Å². The maximum atomic E-state index is 6.60. The Kier molecular flexibility index (Phi) is 8.73. The topological polar surface area (TPSA) is 29.6 Å². The number of fused-ring (bicyclic) bond motifs is 3. The number of nitrogens with zero attached hydrogens (tertiary/aromatic N) is 3. The summed E-state index contributed by atoms with van der Waals surface area (Å²) in [6, 6.07) is 28.0. The van der Waals surface area contributed by atoms with Crippen LogP contribution in [-0.2, 0) is 0 Å². The molecule has 0 N–H and O–H groups in total. The number of aromatic nitrogens is 1. The average Bonchev–Trinajstić information content (AvgIpc) is 3.45. The van der Waals surface area contributed by atoms with E-state index < -0.39 is 0 Å². The second-order valence-corrected chi connectivity index (χ2v) is 11.6. The van der Waals surface area contributed by atoms with Crippen LogP contribution in [0, 0.1) is 0 Å². The number of amidine groups is 1. The third-order valence-corrected chi connectivity index (χ3v) is 8.87. The summed E-state index contributed by atoms with van der Waals surface area (Å²) in [5, 5.41) is 0.945. The summed E-state index contributed by atoms with van der Waals surface area (Å²) in [6.07, 6.45) is 0. The summed E-state index contributed by atoms with van der Waals surface area (Å²) < 4.78 is 2.15. The molecule has 0 saturated carbocycles. The predicted octanol–water partition coefficient (Wildman–Crippen LogP) is 1.16. The first-order valence-corrected chi connectivity index (χ1v) is 15.1. The SMILES string of the molecule is [B]c1c([B])c([B])c2c(c1[B])c1c([B])c([B])c([B])c(Br)c1n2C(=C)/N=C(\N=C(C)c1ccc(-c2ccccc2)cc1)c1ccccc1. The fourth-order valence-electron chi connectivity index (χ4n) is 5.57. The first kappa shape index (κ1) is 31.9. The quantitative estimate of drug-likeness (QED) is 0.155. The van der Waals surface area contributed by atoms with E-state index in [9.17, 15) is 0 Å². The minimum Gasteiger partial charge on any atom is -0.294 e. The third kappa shape index (κ3) is 5.39. The number of rotatable bonds is 5. The molecule has 0 aliphatic heterocycles. The summed E-state index contributed by atoms with van der Waals surface area (Å²) in [6.45, 7) is 6.27. The number of aliphatic imine (C=N–C) groups is 2. The zero-order valence-electron chi connectivity index (χ0n) is 25.1. The van der Waals surface area contributed by atoms with Crippen molar-refractivity contribution in [2.75, 3.05) is 0 Å². The third-order valence-electron chi connectivity index (χ3n) is 8.07. The van der Waals surface area contributed by atoms with E-state index in [0.29, 0.717) is 32.1 Å². The van der Waals surface area contributed by atoms with Crippen LogP contribution in [0.3, 0.4) is 0 Å². The van der Waals surface area contributed by atoms with Crippen LogP contribution in [-0.4, -0.2) is 71.0 Å². The molecule has 5 aromatic carbocycles. The fraction of sp³-hybridized carbons (Fsp3) is 0.0286. The normalized spacial score (nSPS) is 12.2. The molecule has 0 amide bonds. The van der Waals surface area contributed by atoms with Gasteiger partial charge in [0.15, 0.2) is 5.84 Å². The number of benzene rings is 5. The zero-order valence-corrected chi connectivity index (χ0v) is 26.6. The fourth-order valence-corrected chi connectivity index (χ4v) is 6.16. The standard InChI is InChI=1S/C35H19B7BrN3/c1-17(19-13-15-21(16-14-19)20-9-5-3-6-10-20)44-35(22-11-7-4-8-12-22)45-18(2)46-33-23(25(36)27(38)29(40)31(33)42)24-26(37)28(39)30(41)32(43)34(24)46/h3-16H,2H2,1H3/b44-17?,45-35-. The number of halogens is 1. The molecule has 6 rings (SSSR count). The molecule has 202 valence electrons. The van der Waals surface area contributed by atoms with Crippen LogP contribution in [0.15, 0.2) is 106 Å². The Bertz CT molecular complexity index is 2170. The molecule has 46 heavy (non-hydrogen) atoms. The molecule has 0 unspecified atom stereocenters. The van der Waals surface area contributed by atoms with E-state index in [1.165, 1.54) is 0 Å². The Labute approximate surface area is 286 Å². The van der Waals surface area contributed by atoms with Gasteiger partial charge >= 0.3 is 0 Å². The number of hydrogen-bond donors (Lipinski definition) is 0. The van der Waals surface area contributed by atoms with E-state index >= 15 is 0 Å². The van der Waals surface area contributed by atoms with Crippen molar-refractivity contribution in [1.29, 1.82) is 0 Å². The highest BCUT2D eigenvalue weighted by Crippen LogP contribution is 2.32. The summed E-state index contributed by atoms with van der Waals surface area (Å²) in [5.41, 5.74) is 6.87. The van der Waals surface area contributed by atoms with Crippen molar-refractivity contribution in [3.63, 3.8) is 0 Å².